The van der Waals surface area contributed by atoms with Crippen molar-refractivity contribution in [3.8, 4) is 11.3 Å². The number of hydrogen-bond acceptors (Lipinski definition) is 4. The van der Waals surface area contributed by atoms with Crippen molar-refractivity contribution in [2.75, 3.05) is 11.9 Å². The van der Waals surface area contributed by atoms with E-state index in [9.17, 15) is 4.79 Å². The van der Waals surface area contributed by atoms with Crippen LogP contribution in [0.25, 0.3) is 22.3 Å². The predicted molar refractivity (Wildman–Crippen MR) is 120 cm³/mol. The van der Waals surface area contributed by atoms with Crippen molar-refractivity contribution in [2.24, 2.45) is 0 Å². The molecule has 0 saturated heterocycles. The van der Waals surface area contributed by atoms with Gasteiger partial charge in [0.15, 0.2) is 0 Å². The zero-order valence-corrected chi connectivity index (χ0v) is 17.4. The van der Waals surface area contributed by atoms with Gasteiger partial charge >= 0.3 is 0 Å². The standard InChI is InChI=1S/C23H20ClN5O/c1-12-6-7-18-20(27-12)14(8-10-25-18)21-22(19-17(29-21)9-11-26-23(19)30)28-16-5-3-4-15(24)13(16)2/h3-8,10,28-29H,9,11H2,1-2H3,(H,26,30). The zero-order chi connectivity index (χ0) is 20.8. The highest BCUT2D eigenvalue weighted by Gasteiger charge is 2.28. The average Bonchev–Trinajstić information content (AvgIpc) is 3.10. The van der Waals surface area contributed by atoms with Gasteiger partial charge in [0.25, 0.3) is 5.91 Å². The Morgan fingerprint density at radius 1 is 1.13 bits per heavy atom. The normalized spacial score (nSPS) is 13.2. The number of rotatable bonds is 3. The van der Waals surface area contributed by atoms with Crippen LogP contribution in [0.5, 0.6) is 0 Å². The van der Waals surface area contributed by atoms with Crippen LogP contribution in [0, 0.1) is 13.8 Å². The van der Waals surface area contributed by atoms with E-state index in [1.807, 2.05) is 50.2 Å². The lowest BCUT2D eigenvalue weighted by Gasteiger charge is -2.16. The molecule has 1 aromatic carbocycles. The lowest BCUT2D eigenvalue weighted by molar-refractivity contribution is 0.0947. The van der Waals surface area contributed by atoms with Crippen LogP contribution in [0.3, 0.4) is 0 Å². The number of carbonyl (C=O) groups is 1. The number of amides is 1. The fourth-order valence-corrected chi connectivity index (χ4v) is 4.08. The van der Waals surface area contributed by atoms with Crippen molar-refractivity contribution < 1.29 is 4.79 Å². The summed E-state index contributed by atoms with van der Waals surface area (Å²) < 4.78 is 0. The van der Waals surface area contributed by atoms with Crippen LogP contribution < -0.4 is 10.6 Å². The summed E-state index contributed by atoms with van der Waals surface area (Å²) in [6, 6.07) is 11.5. The van der Waals surface area contributed by atoms with Crippen LogP contribution in [0.2, 0.25) is 5.02 Å². The summed E-state index contributed by atoms with van der Waals surface area (Å²) in [6.07, 6.45) is 2.50. The molecule has 0 unspecified atom stereocenters. The number of hydrogen-bond donors (Lipinski definition) is 3. The van der Waals surface area contributed by atoms with Crippen molar-refractivity contribution >= 4 is 39.9 Å². The molecule has 7 heteroatoms. The Morgan fingerprint density at radius 3 is 2.87 bits per heavy atom. The number of aromatic nitrogens is 3. The summed E-state index contributed by atoms with van der Waals surface area (Å²) in [4.78, 5) is 25.5. The molecule has 4 heterocycles. The highest BCUT2D eigenvalue weighted by atomic mass is 35.5. The quantitative estimate of drug-likeness (QED) is 0.441. The maximum atomic E-state index is 12.8. The fraction of sp³-hybridized carbons (Fsp3) is 0.174. The van der Waals surface area contributed by atoms with Gasteiger partial charge in [-0.2, -0.15) is 0 Å². The van der Waals surface area contributed by atoms with Crippen LogP contribution in [-0.4, -0.2) is 27.4 Å². The first-order valence-corrected chi connectivity index (χ1v) is 10.2. The number of halogens is 1. The van der Waals surface area contributed by atoms with E-state index in [2.05, 4.69) is 20.6 Å². The predicted octanol–water partition coefficient (Wildman–Crippen LogP) is 4.92. The third-order valence-electron chi connectivity index (χ3n) is 5.49. The van der Waals surface area contributed by atoms with Gasteiger partial charge in [-0.1, -0.05) is 17.7 Å². The molecule has 0 saturated carbocycles. The fourth-order valence-electron chi connectivity index (χ4n) is 3.91. The monoisotopic (exact) mass is 417 g/mol. The van der Waals surface area contributed by atoms with Crippen LogP contribution in [0.4, 0.5) is 11.4 Å². The molecule has 150 valence electrons. The number of H-pyrrole nitrogens is 1. The molecule has 0 fully saturated rings. The zero-order valence-electron chi connectivity index (χ0n) is 16.6. The van der Waals surface area contributed by atoms with Gasteiger partial charge < -0.3 is 15.6 Å². The third kappa shape index (κ3) is 3.00. The van der Waals surface area contributed by atoms with Crippen LogP contribution >= 0.6 is 11.6 Å². The number of carbonyl (C=O) groups excluding carboxylic acids is 1. The van der Waals surface area contributed by atoms with Gasteiger partial charge in [-0.25, -0.2) is 0 Å². The van der Waals surface area contributed by atoms with Crippen molar-refractivity contribution in [3.63, 3.8) is 0 Å². The van der Waals surface area contributed by atoms with E-state index in [0.717, 1.165) is 57.0 Å². The number of anilines is 2. The second-order valence-corrected chi connectivity index (χ2v) is 7.86. The molecule has 0 radical (unpaired) electrons. The first-order chi connectivity index (χ1) is 14.5. The summed E-state index contributed by atoms with van der Waals surface area (Å²) in [5.74, 6) is -0.0940. The van der Waals surface area contributed by atoms with E-state index < -0.39 is 0 Å². The third-order valence-corrected chi connectivity index (χ3v) is 5.89. The molecule has 0 spiro atoms. The largest absolute Gasteiger partial charge is 0.356 e. The lowest BCUT2D eigenvalue weighted by atomic mass is 10.0. The smallest absolute Gasteiger partial charge is 0.255 e. The van der Waals surface area contributed by atoms with Crippen molar-refractivity contribution in [3.05, 3.63) is 70.1 Å². The maximum Gasteiger partial charge on any atom is 0.255 e. The van der Waals surface area contributed by atoms with Gasteiger partial charge in [0, 0.05) is 46.8 Å². The molecule has 30 heavy (non-hydrogen) atoms. The molecule has 3 N–H and O–H groups in total. The summed E-state index contributed by atoms with van der Waals surface area (Å²) >= 11 is 6.33. The number of nitrogens with zero attached hydrogens (tertiary/aromatic N) is 2. The van der Waals surface area contributed by atoms with Gasteiger partial charge in [0.2, 0.25) is 0 Å². The second-order valence-electron chi connectivity index (χ2n) is 7.45. The highest BCUT2D eigenvalue weighted by Crippen LogP contribution is 2.39. The first-order valence-electron chi connectivity index (χ1n) is 9.81. The van der Waals surface area contributed by atoms with E-state index in [4.69, 9.17) is 16.6 Å². The molecule has 3 aromatic heterocycles. The van der Waals surface area contributed by atoms with Crippen molar-refractivity contribution in [1.29, 1.82) is 0 Å². The number of fused-ring (bicyclic) bond motifs is 2. The molecule has 1 amide bonds. The maximum absolute atomic E-state index is 12.8. The number of benzene rings is 1. The molecular formula is C23H20ClN5O. The summed E-state index contributed by atoms with van der Waals surface area (Å²) in [7, 11) is 0. The molecular weight excluding hydrogens is 398 g/mol. The topological polar surface area (TPSA) is 82.7 Å². The number of aryl methyl sites for hydroxylation is 1. The van der Waals surface area contributed by atoms with Gasteiger partial charge in [0.1, 0.15) is 0 Å². The van der Waals surface area contributed by atoms with Gasteiger partial charge in [-0.15, -0.1) is 0 Å². The Morgan fingerprint density at radius 2 is 2.00 bits per heavy atom. The van der Waals surface area contributed by atoms with Crippen LogP contribution in [0.15, 0.2) is 42.6 Å². The Hall–Kier alpha value is -3.38. The molecule has 5 rings (SSSR count). The molecule has 0 atom stereocenters. The molecule has 1 aliphatic heterocycles. The summed E-state index contributed by atoms with van der Waals surface area (Å²) in [6.45, 7) is 4.52. The Labute approximate surface area is 178 Å². The molecule has 1 aliphatic rings. The molecule has 6 nitrogen and oxygen atoms in total. The number of nitrogens with one attached hydrogen (secondary N) is 3. The second kappa shape index (κ2) is 7.15. The summed E-state index contributed by atoms with van der Waals surface area (Å²) in [5.41, 5.74) is 8.27. The van der Waals surface area contributed by atoms with E-state index in [1.54, 1.807) is 6.20 Å². The number of aromatic amines is 1. The van der Waals surface area contributed by atoms with Gasteiger partial charge in [-0.05, 0) is 49.7 Å². The minimum absolute atomic E-state index is 0.0940. The number of pyridine rings is 2. The van der Waals surface area contributed by atoms with E-state index >= 15 is 0 Å². The Bertz CT molecular complexity index is 1310. The van der Waals surface area contributed by atoms with E-state index in [1.165, 1.54) is 0 Å². The average molecular weight is 418 g/mol. The molecule has 0 aliphatic carbocycles. The Kier molecular flexibility index (Phi) is 4.44. The molecule has 4 aromatic rings. The first kappa shape index (κ1) is 18.6. The van der Waals surface area contributed by atoms with E-state index in [0.29, 0.717) is 17.1 Å². The Balaban J connectivity index is 1.77. The molecule has 0 bridgehead atoms. The van der Waals surface area contributed by atoms with Crippen LogP contribution in [0.1, 0.15) is 27.3 Å². The SMILES string of the molecule is Cc1ccc2nccc(-c3[nH]c4c(c3Nc3cccc(Cl)c3C)C(=O)NCC4)c2n1. The van der Waals surface area contributed by atoms with Gasteiger partial charge in [0.05, 0.1) is 28.0 Å². The highest BCUT2D eigenvalue weighted by molar-refractivity contribution is 6.31. The van der Waals surface area contributed by atoms with Crippen molar-refractivity contribution in [2.45, 2.75) is 20.3 Å². The minimum atomic E-state index is -0.0940. The minimum Gasteiger partial charge on any atom is -0.356 e. The van der Waals surface area contributed by atoms with Gasteiger partial charge in [-0.3, -0.25) is 14.8 Å². The van der Waals surface area contributed by atoms with E-state index in [-0.39, 0.29) is 5.91 Å². The van der Waals surface area contributed by atoms with Crippen molar-refractivity contribution in [1.82, 2.24) is 20.3 Å². The van der Waals surface area contributed by atoms with Crippen LogP contribution in [-0.2, 0) is 6.42 Å². The summed E-state index contributed by atoms with van der Waals surface area (Å²) in [5, 5.41) is 7.09. The lowest BCUT2D eigenvalue weighted by Crippen LogP contribution is -2.31.